The summed E-state index contributed by atoms with van der Waals surface area (Å²) >= 11 is 0. The lowest BCUT2D eigenvalue weighted by Crippen LogP contribution is -2.34. The fraction of sp³-hybridized carbons (Fsp3) is 0.700. The number of aliphatic hydroxyl groups excluding tert-OH is 1. The molecule has 0 aromatic rings. The number of ether oxygens (including phenoxy) is 2. The quantitative estimate of drug-likeness (QED) is 0.461. The van der Waals surface area contributed by atoms with Gasteiger partial charge in [-0.2, -0.15) is 0 Å². The Labute approximate surface area is 103 Å². The largest absolute Gasteiger partial charge is 0.394 e. The molecule has 1 atom stereocenters. The van der Waals surface area contributed by atoms with Gasteiger partial charge >= 0.3 is 5.97 Å². The van der Waals surface area contributed by atoms with Crippen LogP contribution in [0.25, 0.3) is 0 Å². The maximum absolute atomic E-state index is 11.4. The van der Waals surface area contributed by atoms with E-state index in [-0.39, 0.29) is 32.5 Å². The van der Waals surface area contributed by atoms with Gasteiger partial charge in [0, 0.05) is 20.0 Å². The SMILES string of the molecule is COC(CC(=O)ON1C(=O)CCC1=O)OCCO. The van der Waals surface area contributed by atoms with Crippen molar-refractivity contribution in [1.82, 2.24) is 5.06 Å². The standard InChI is InChI=1S/C10H15NO7/c1-16-10(17-5-4-12)6-9(15)18-11-7(13)2-3-8(11)14/h10,12H,2-6H2,1H3. The molecule has 18 heavy (non-hydrogen) atoms. The van der Waals surface area contributed by atoms with Crippen molar-refractivity contribution in [2.75, 3.05) is 20.3 Å². The number of imide groups is 1. The minimum atomic E-state index is -0.891. The Morgan fingerprint density at radius 2 is 2.00 bits per heavy atom. The van der Waals surface area contributed by atoms with E-state index in [4.69, 9.17) is 14.6 Å². The molecule has 1 fully saturated rings. The molecule has 1 N–H and O–H groups in total. The first kappa shape index (κ1) is 14.6. The van der Waals surface area contributed by atoms with Crippen molar-refractivity contribution >= 4 is 17.8 Å². The van der Waals surface area contributed by atoms with Gasteiger partial charge in [-0.3, -0.25) is 9.59 Å². The Kier molecular flexibility index (Phi) is 5.69. The van der Waals surface area contributed by atoms with Gasteiger partial charge in [0.25, 0.3) is 11.8 Å². The van der Waals surface area contributed by atoms with Gasteiger partial charge in [-0.1, -0.05) is 0 Å². The van der Waals surface area contributed by atoms with E-state index in [0.29, 0.717) is 5.06 Å². The molecule has 1 heterocycles. The van der Waals surface area contributed by atoms with Crippen molar-refractivity contribution in [2.45, 2.75) is 25.6 Å². The zero-order chi connectivity index (χ0) is 13.5. The zero-order valence-corrected chi connectivity index (χ0v) is 9.96. The van der Waals surface area contributed by atoms with Crippen LogP contribution < -0.4 is 0 Å². The minimum Gasteiger partial charge on any atom is -0.394 e. The molecule has 1 unspecified atom stereocenters. The van der Waals surface area contributed by atoms with E-state index < -0.39 is 24.1 Å². The van der Waals surface area contributed by atoms with Crippen molar-refractivity contribution in [1.29, 1.82) is 0 Å². The third-order valence-corrected chi connectivity index (χ3v) is 2.19. The topological polar surface area (TPSA) is 102 Å². The summed E-state index contributed by atoms with van der Waals surface area (Å²) in [7, 11) is 1.32. The number of carbonyl (C=O) groups is 3. The summed E-state index contributed by atoms with van der Waals surface area (Å²) in [6, 6.07) is 0. The van der Waals surface area contributed by atoms with Gasteiger partial charge in [0.1, 0.15) is 0 Å². The normalized spacial score (nSPS) is 17.1. The number of methoxy groups -OCH3 is 1. The molecule has 102 valence electrons. The Morgan fingerprint density at radius 1 is 1.39 bits per heavy atom. The first-order valence-electron chi connectivity index (χ1n) is 5.40. The van der Waals surface area contributed by atoms with Crippen LogP contribution >= 0.6 is 0 Å². The average molecular weight is 261 g/mol. The Balaban J connectivity index is 2.40. The van der Waals surface area contributed by atoms with Crippen molar-refractivity contribution in [3.63, 3.8) is 0 Å². The molecule has 1 aliphatic heterocycles. The lowest BCUT2D eigenvalue weighted by Gasteiger charge is -2.17. The number of hydrogen-bond acceptors (Lipinski definition) is 7. The van der Waals surface area contributed by atoms with Gasteiger partial charge in [-0.25, -0.2) is 4.79 Å². The molecular formula is C10H15NO7. The molecular weight excluding hydrogens is 246 g/mol. The van der Waals surface area contributed by atoms with Gasteiger partial charge in [0.2, 0.25) is 0 Å². The fourth-order valence-corrected chi connectivity index (χ4v) is 1.33. The van der Waals surface area contributed by atoms with E-state index >= 15 is 0 Å². The summed E-state index contributed by atoms with van der Waals surface area (Å²) in [5, 5.41) is 9.01. The summed E-state index contributed by atoms with van der Waals surface area (Å²) in [6.45, 7) is -0.203. The summed E-state index contributed by atoms with van der Waals surface area (Å²) < 4.78 is 9.79. The van der Waals surface area contributed by atoms with Crippen molar-refractivity contribution in [2.24, 2.45) is 0 Å². The van der Waals surface area contributed by atoms with Crippen LogP contribution in [0.15, 0.2) is 0 Å². The molecule has 1 saturated heterocycles. The molecule has 0 aromatic heterocycles. The average Bonchev–Trinajstić information content (AvgIpc) is 2.66. The van der Waals surface area contributed by atoms with Crippen LogP contribution in [0.2, 0.25) is 0 Å². The van der Waals surface area contributed by atoms with Gasteiger partial charge in [-0.15, -0.1) is 5.06 Å². The summed E-state index contributed by atoms with van der Waals surface area (Å²) in [4.78, 5) is 38.4. The molecule has 8 heteroatoms. The number of carbonyl (C=O) groups excluding carboxylic acids is 3. The smallest absolute Gasteiger partial charge is 0.338 e. The maximum atomic E-state index is 11.4. The highest BCUT2D eigenvalue weighted by atomic mass is 16.7. The van der Waals surface area contributed by atoms with Gasteiger partial charge in [0.15, 0.2) is 6.29 Å². The summed E-state index contributed by atoms with van der Waals surface area (Å²) in [5.74, 6) is -1.90. The first-order valence-corrected chi connectivity index (χ1v) is 5.40. The van der Waals surface area contributed by atoms with Crippen LogP contribution in [0, 0.1) is 0 Å². The Hall–Kier alpha value is -1.51. The van der Waals surface area contributed by atoms with E-state index in [1.54, 1.807) is 0 Å². The Bertz CT molecular complexity index is 314. The highest BCUT2D eigenvalue weighted by molar-refractivity contribution is 6.01. The molecule has 1 rings (SSSR count). The van der Waals surface area contributed by atoms with Crippen molar-refractivity contribution in [3.8, 4) is 0 Å². The van der Waals surface area contributed by atoms with Gasteiger partial charge in [0.05, 0.1) is 19.6 Å². The van der Waals surface area contributed by atoms with Crippen LogP contribution in [0.5, 0.6) is 0 Å². The molecule has 0 radical (unpaired) electrons. The van der Waals surface area contributed by atoms with Gasteiger partial charge < -0.3 is 19.4 Å². The van der Waals surface area contributed by atoms with Crippen LogP contribution in [-0.2, 0) is 28.7 Å². The highest BCUT2D eigenvalue weighted by Gasteiger charge is 2.33. The van der Waals surface area contributed by atoms with E-state index in [1.165, 1.54) is 7.11 Å². The molecule has 8 nitrogen and oxygen atoms in total. The van der Waals surface area contributed by atoms with Crippen molar-refractivity contribution in [3.05, 3.63) is 0 Å². The van der Waals surface area contributed by atoms with E-state index in [9.17, 15) is 14.4 Å². The second-order valence-corrected chi connectivity index (χ2v) is 3.51. The lowest BCUT2D eigenvalue weighted by molar-refractivity contribution is -0.205. The third kappa shape index (κ3) is 4.06. The second-order valence-electron chi connectivity index (χ2n) is 3.51. The molecule has 0 aromatic carbocycles. The van der Waals surface area contributed by atoms with E-state index in [1.807, 2.05) is 0 Å². The van der Waals surface area contributed by atoms with E-state index in [2.05, 4.69) is 4.84 Å². The third-order valence-electron chi connectivity index (χ3n) is 2.19. The number of hydrogen-bond donors (Lipinski definition) is 1. The van der Waals surface area contributed by atoms with E-state index in [0.717, 1.165) is 0 Å². The summed E-state index contributed by atoms with van der Waals surface area (Å²) in [6.07, 6.45) is -1.09. The first-order chi connectivity index (χ1) is 8.58. The predicted molar refractivity (Wildman–Crippen MR) is 55.6 cm³/mol. The van der Waals surface area contributed by atoms with Gasteiger partial charge in [-0.05, 0) is 0 Å². The van der Waals surface area contributed by atoms with Crippen LogP contribution in [0.3, 0.4) is 0 Å². The number of hydroxylamine groups is 2. The molecule has 0 aliphatic carbocycles. The number of nitrogens with zero attached hydrogens (tertiary/aromatic N) is 1. The molecule has 0 bridgehead atoms. The predicted octanol–water partition coefficient (Wildman–Crippen LogP) is -1.03. The maximum Gasteiger partial charge on any atom is 0.338 e. The Morgan fingerprint density at radius 3 is 2.50 bits per heavy atom. The number of aliphatic hydroxyl groups is 1. The summed E-state index contributed by atoms with van der Waals surface area (Å²) in [5.41, 5.74) is 0. The molecule has 0 spiro atoms. The minimum absolute atomic E-state index is 0.00730. The van der Waals surface area contributed by atoms with Crippen molar-refractivity contribution < 1.29 is 33.8 Å². The number of rotatable bonds is 7. The van der Waals surface area contributed by atoms with Crippen LogP contribution in [0.4, 0.5) is 0 Å². The second kappa shape index (κ2) is 7.04. The van der Waals surface area contributed by atoms with Crippen LogP contribution in [-0.4, -0.2) is 54.6 Å². The molecule has 0 saturated carbocycles. The zero-order valence-electron chi connectivity index (χ0n) is 9.96. The monoisotopic (exact) mass is 261 g/mol. The molecule has 2 amide bonds. The fourth-order valence-electron chi connectivity index (χ4n) is 1.33. The lowest BCUT2D eigenvalue weighted by atomic mass is 10.4. The highest BCUT2D eigenvalue weighted by Crippen LogP contribution is 2.13. The number of amides is 2. The molecule has 1 aliphatic rings. The van der Waals surface area contributed by atoms with Crippen LogP contribution in [0.1, 0.15) is 19.3 Å².